The van der Waals surface area contributed by atoms with Crippen molar-refractivity contribution in [3.05, 3.63) is 42.6 Å². The van der Waals surface area contributed by atoms with Gasteiger partial charge < -0.3 is 9.88 Å². The number of hydrogen-bond acceptors (Lipinski definition) is 2. The molecule has 1 heterocycles. The summed E-state index contributed by atoms with van der Waals surface area (Å²) in [6.45, 7) is 2.94. The van der Waals surface area contributed by atoms with E-state index in [2.05, 4.69) is 21.8 Å². The minimum Gasteiger partial charge on any atom is -0.329 e. The molecule has 0 spiro atoms. The maximum absolute atomic E-state index is 12.9. The van der Waals surface area contributed by atoms with E-state index in [1.165, 1.54) is 12.1 Å². The lowest BCUT2D eigenvalue weighted by Gasteiger charge is -2.13. The van der Waals surface area contributed by atoms with Crippen LogP contribution >= 0.6 is 0 Å². The van der Waals surface area contributed by atoms with Gasteiger partial charge in [-0.25, -0.2) is 9.37 Å². The summed E-state index contributed by atoms with van der Waals surface area (Å²) in [5.41, 5.74) is 1.99. The number of benzene rings is 1. The summed E-state index contributed by atoms with van der Waals surface area (Å²) in [5, 5.41) is 3.18. The SMILES string of the molecule is CNC(C)Cn1cncc1-c1ccc(F)cc1. The van der Waals surface area contributed by atoms with Gasteiger partial charge in [0.05, 0.1) is 18.2 Å². The second-order valence-corrected chi connectivity index (χ2v) is 4.13. The van der Waals surface area contributed by atoms with E-state index in [-0.39, 0.29) is 5.82 Å². The van der Waals surface area contributed by atoms with E-state index in [0.29, 0.717) is 6.04 Å². The summed E-state index contributed by atoms with van der Waals surface area (Å²) in [5.74, 6) is -0.219. The van der Waals surface area contributed by atoms with Crippen molar-refractivity contribution in [2.75, 3.05) is 7.05 Å². The first kappa shape index (κ1) is 11.8. The maximum atomic E-state index is 12.9. The Morgan fingerprint density at radius 3 is 2.71 bits per heavy atom. The van der Waals surface area contributed by atoms with Crippen molar-refractivity contribution in [2.24, 2.45) is 0 Å². The summed E-state index contributed by atoms with van der Waals surface area (Å²) in [6, 6.07) is 6.84. The molecule has 1 atom stereocenters. The van der Waals surface area contributed by atoms with Gasteiger partial charge in [-0.15, -0.1) is 0 Å². The fraction of sp³-hybridized carbons (Fsp3) is 0.308. The fourth-order valence-corrected chi connectivity index (χ4v) is 1.71. The van der Waals surface area contributed by atoms with Gasteiger partial charge in [0.2, 0.25) is 0 Å². The van der Waals surface area contributed by atoms with Gasteiger partial charge in [-0.05, 0) is 43.8 Å². The van der Waals surface area contributed by atoms with Gasteiger partial charge in [-0.2, -0.15) is 0 Å². The first-order valence-electron chi connectivity index (χ1n) is 5.64. The zero-order valence-corrected chi connectivity index (χ0v) is 10.0. The molecule has 0 aliphatic rings. The molecular formula is C13H16FN3. The Balaban J connectivity index is 2.27. The molecule has 90 valence electrons. The monoisotopic (exact) mass is 233 g/mol. The van der Waals surface area contributed by atoms with Gasteiger partial charge in [0.25, 0.3) is 0 Å². The van der Waals surface area contributed by atoms with Crippen molar-refractivity contribution in [3.8, 4) is 11.3 Å². The van der Waals surface area contributed by atoms with Crippen LogP contribution in [0.25, 0.3) is 11.3 Å². The molecule has 1 unspecified atom stereocenters. The van der Waals surface area contributed by atoms with Gasteiger partial charge in [-0.3, -0.25) is 0 Å². The number of rotatable bonds is 4. The minimum absolute atomic E-state index is 0.219. The lowest BCUT2D eigenvalue weighted by atomic mass is 10.1. The van der Waals surface area contributed by atoms with Crippen LogP contribution in [0.2, 0.25) is 0 Å². The highest BCUT2D eigenvalue weighted by atomic mass is 19.1. The van der Waals surface area contributed by atoms with Crippen molar-refractivity contribution in [3.63, 3.8) is 0 Å². The topological polar surface area (TPSA) is 29.9 Å². The van der Waals surface area contributed by atoms with E-state index >= 15 is 0 Å². The molecule has 0 bridgehead atoms. The second kappa shape index (κ2) is 5.10. The Kier molecular flexibility index (Phi) is 3.54. The standard InChI is InChI=1S/C13H16FN3/c1-10(15-2)8-17-9-16-7-13(17)11-3-5-12(14)6-4-11/h3-7,9-10,15H,8H2,1-2H3. The number of aromatic nitrogens is 2. The smallest absolute Gasteiger partial charge is 0.123 e. The molecule has 4 heteroatoms. The van der Waals surface area contributed by atoms with E-state index in [1.54, 1.807) is 24.7 Å². The lowest BCUT2D eigenvalue weighted by molar-refractivity contribution is 0.517. The molecule has 0 radical (unpaired) electrons. The number of nitrogens with zero attached hydrogens (tertiary/aromatic N) is 2. The summed E-state index contributed by atoms with van der Waals surface area (Å²) >= 11 is 0. The predicted octanol–water partition coefficient (Wildman–Crippen LogP) is 2.30. The molecule has 1 N–H and O–H groups in total. The number of imidazole rings is 1. The van der Waals surface area contributed by atoms with E-state index in [9.17, 15) is 4.39 Å². The molecule has 0 aliphatic heterocycles. The van der Waals surface area contributed by atoms with Crippen molar-refractivity contribution in [2.45, 2.75) is 19.5 Å². The highest BCUT2D eigenvalue weighted by Crippen LogP contribution is 2.19. The minimum atomic E-state index is -0.219. The number of hydrogen-bond donors (Lipinski definition) is 1. The van der Waals surface area contributed by atoms with Gasteiger partial charge >= 0.3 is 0 Å². The fourth-order valence-electron chi connectivity index (χ4n) is 1.71. The third-order valence-electron chi connectivity index (χ3n) is 2.82. The maximum Gasteiger partial charge on any atom is 0.123 e. The Bertz CT molecular complexity index is 476. The molecule has 1 aromatic carbocycles. The number of likely N-dealkylation sites (N-methyl/N-ethyl adjacent to an activating group) is 1. The average molecular weight is 233 g/mol. The van der Waals surface area contributed by atoms with Crippen LogP contribution in [-0.2, 0) is 6.54 Å². The van der Waals surface area contributed by atoms with Crippen LogP contribution in [0.4, 0.5) is 4.39 Å². The average Bonchev–Trinajstić information content (AvgIpc) is 2.78. The predicted molar refractivity (Wildman–Crippen MR) is 66.1 cm³/mol. The molecule has 0 fully saturated rings. The van der Waals surface area contributed by atoms with Crippen LogP contribution in [-0.4, -0.2) is 22.6 Å². The van der Waals surface area contributed by atoms with Gasteiger partial charge in [0.1, 0.15) is 5.82 Å². The quantitative estimate of drug-likeness (QED) is 0.878. The second-order valence-electron chi connectivity index (χ2n) is 4.13. The first-order chi connectivity index (χ1) is 8.20. The molecule has 0 aliphatic carbocycles. The molecule has 1 aromatic heterocycles. The Hall–Kier alpha value is -1.68. The zero-order chi connectivity index (χ0) is 12.3. The number of nitrogens with one attached hydrogen (secondary N) is 1. The van der Waals surface area contributed by atoms with E-state index < -0.39 is 0 Å². The molecule has 0 saturated heterocycles. The summed E-state index contributed by atoms with van der Waals surface area (Å²) in [4.78, 5) is 4.15. The molecule has 0 amide bonds. The normalized spacial score (nSPS) is 12.6. The molecule has 3 nitrogen and oxygen atoms in total. The largest absolute Gasteiger partial charge is 0.329 e. The van der Waals surface area contributed by atoms with Gasteiger partial charge in [0.15, 0.2) is 0 Å². The third-order valence-corrected chi connectivity index (χ3v) is 2.82. The molecule has 2 aromatic rings. The molecule has 17 heavy (non-hydrogen) atoms. The van der Waals surface area contributed by atoms with Crippen LogP contribution in [0.5, 0.6) is 0 Å². The van der Waals surface area contributed by atoms with Crippen LogP contribution in [0, 0.1) is 5.82 Å². The van der Waals surface area contributed by atoms with Gasteiger partial charge in [-0.1, -0.05) is 0 Å². The van der Waals surface area contributed by atoms with Crippen molar-refractivity contribution in [1.82, 2.24) is 14.9 Å². The van der Waals surface area contributed by atoms with Crippen molar-refractivity contribution in [1.29, 1.82) is 0 Å². The number of halogens is 1. The molecular weight excluding hydrogens is 217 g/mol. The highest BCUT2D eigenvalue weighted by molar-refractivity contribution is 5.58. The Morgan fingerprint density at radius 1 is 1.35 bits per heavy atom. The van der Waals surface area contributed by atoms with E-state index in [0.717, 1.165) is 17.8 Å². The molecule has 0 saturated carbocycles. The van der Waals surface area contributed by atoms with Crippen molar-refractivity contribution < 1.29 is 4.39 Å². The lowest BCUT2D eigenvalue weighted by Crippen LogP contribution is -2.26. The zero-order valence-electron chi connectivity index (χ0n) is 10.0. The van der Waals surface area contributed by atoms with Crippen LogP contribution in [0.3, 0.4) is 0 Å². The highest BCUT2D eigenvalue weighted by Gasteiger charge is 2.07. The van der Waals surface area contributed by atoms with E-state index in [4.69, 9.17) is 0 Å². The summed E-state index contributed by atoms with van der Waals surface area (Å²) in [7, 11) is 1.93. The Morgan fingerprint density at radius 2 is 2.06 bits per heavy atom. The van der Waals surface area contributed by atoms with Crippen LogP contribution in [0.15, 0.2) is 36.8 Å². The van der Waals surface area contributed by atoms with E-state index in [1.807, 2.05) is 7.05 Å². The third kappa shape index (κ3) is 2.71. The Labute approximate surface area is 100 Å². The van der Waals surface area contributed by atoms with Crippen LogP contribution in [0.1, 0.15) is 6.92 Å². The van der Waals surface area contributed by atoms with Gasteiger partial charge in [0, 0.05) is 12.6 Å². The van der Waals surface area contributed by atoms with Crippen molar-refractivity contribution >= 4 is 0 Å². The van der Waals surface area contributed by atoms with Crippen LogP contribution < -0.4 is 5.32 Å². The molecule has 2 rings (SSSR count). The summed E-state index contributed by atoms with van der Waals surface area (Å²) < 4.78 is 14.9. The summed E-state index contributed by atoms with van der Waals surface area (Å²) in [6.07, 6.45) is 3.60. The first-order valence-corrected chi connectivity index (χ1v) is 5.64.